The lowest BCUT2D eigenvalue weighted by atomic mass is 10.1. The van der Waals surface area contributed by atoms with Crippen LogP contribution in [0.25, 0.3) is 0 Å². The standard InChI is InChI=1S/C17H21NO2S/c1-17(2,3)18(14-15-10-6-4-7-11-15)21(19,20)16-12-8-5-9-13-16/h4-13H,14H2,1-3H3. The van der Waals surface area contributed by atoms with Gasteiger partial charge in [0.05, 0.1) is 4.90 Å². The maximum Gasteiger partial charge on any atom is 0.243 e. The molecule has 0 aliphatic heterocycles. The molecule has 21 heavy (non-hydrogen) atoms. The zero-order valence-electron chi connectivity index (χ0n) is 12.7. The van der Waals surface area contributed by atoms with E-state index in [0.717, 1.165) is 5.56 Å². The molecular formula is C17H21NO2S. The molecule has 0 saturated heterocycles. The second-order valence-corrected chi connectivity index (χ2v) is 7.84. The highest BCUT2D eigenvalue weighted by Crippen LogP contribution is 2.26. The summed E-state index contributed by atoms with van der Waals surface area (Å²) in [6.07, 6.45) is 0. The molecule has 4 heteroatoms. The first-order valence-electron chi connectivity index (χ1n) is 6.93. The van der Waals surface area contributed by atoms with E-state index >= 15 is 0 Å². The summed E-state index contributed by atoms with van der Waals surface area (Å²) in [4.78, 5) is 0.329. The fourth-order valence-corrected chi connectivity index (χ4v) is 3.95. The number of sulfonamides is 1. The van der Waals surface area contributed by atoms with Crippen molar-refractivity contribution in [2.24, 2.45) is 0 Å². The molecule has 2 aromatic carbocycles. The second kappa shape index (κ2) is 6.00. The Hall–Kier alpha value is -1.65. The fraction of sp³-hybridized carbons (Fsp3) is 0.294. The van der Waals surface area contributed by atoms with Crippen molar-refractivity contribution in [2.45, 2.75) is 37.8 Å². The Labute approximate surface area is 127 Å². The van der Waals surface area contributed by atoms with Gasteiger partial charge < -0.3 is 0 Å². The second-order valence-electron chi connectivity index (χ2n) is 5.98. The molecule has 0 spiro atoms. The average molecular weight is 303 g/mol. The highest BCUT2D eigenvalue weighted by Gasteiger charge is 2.33. The molecule has 0 N–H and O–H groups in total. The number of hydrogen-bond donors (Lipinski definition) is 0. The third kappa shape index (κ3) is 3.71. The third-order valence-corrected chi connectivity index (χ3v) is 5.37. The monoisotopic (exact) mass is 303 g/mol. The highest BCUT2D eigenvalue weighted by atomic mass is 32.2. The van der Waals surface area contributed by atoms with Crippen LogP contribution in [-0.4, -0.2) is 18.3 Å². The van der Waals surface area contributed by atoms with Crippen LogP contribution in [0.4, 0.5) is 0 Å². The zero-order chi connectivity index (χ0) is 15.5. The molecule has 0 fully saturated rings. The first-order valence-corrected chi connectivity index (χ1v) is 8.37. The van der Waals surface area contributed by atoms with Crippen LogP contribution in [0, 0.1) is 0 Å². The van der Waals surface area contributed by atoms with Crippen LogP contribution in [0.15, 0.2) is 65.6 Å². The Morgan fingerprint density at radius 1 is 0.857 bits per heavy atom. The SMILES string of the molecule is CC(C)(C)N(Cc1ccccc1)S(=O)(=O)c1ccccc1. The predicted octanol–water partition coefficient (Wildman–Crippen LogP) is 3.68. The summed E-state index contributed by atoms with van der Waals surface area (Å²) in [5, 5.41) is 0. The van der Waals surface area contributed by atoms with Crippen molar-refractivity contribution in [1.82, 2.24) is 4.31 Å². The van der Waals surface area contributed by atoms with E-state index in [0.29, 0.717) is 11.4 Å². The Morgan fingerprint density at radius 2 is 1.33 bits per heavy atom. The molecule has 3 nitrogen and oxygen atoms in total. The Balaban J connectivity index is 2.42. The van der Waals surface area contributed by atoms with Gasteiger partial charge in [0.1, 0.15) is 0 Å². The van der Waals surface area contributed by atoms with Crippen molar-refractivity contribution in [2.75, 3.05) is 0 Å². The number of hydrogen-bond acceptors (Lipinski definition) is 2. The van der Waals surface area contributed by atoms with Crippen LogP contribution in [0.3, 0.4) is 0 Å². The molecule has 0 aromatic heterocycles. The van der Waals surface area contributed by atoms with E-state index in [9.17, 15) is 8.42 Å². The van der Waals surface area contributed by atoms with Crippen LogP contribution >= 0.6 is 0 Å². The molecule has 0 heterocycles. The molecule has 2 rings (SSSR count). The van der Waals surface area contributed by atoms with E-state index in [1.807, 2.05) is 57.2 Å². The van der Waals surface area contributed by atoms with Gasteiger partial charge in [0.15, 0.2) is 0 Å². The minimum Gasteiger partial charge on any atom is -0.207 e. The first kappa shape index (κ1) is 15.7. The van der Waals surface area contributed by atoms with Crippen molar-refractivity contribution in [3.8, 4) is 0 Å². The molecule has 0 radical (unpaired) electrons. The third-order valence-electron chi connectivity index (χ3n) is 3.25. The summed E-state index contributed by atoms with van der Waals surface area (Å²) < 4.78 is 27.4. The van der Waals surface area contributed by atoms with Gasteiger partial charge in [0.25, 0.3) is 0 Å². The molecule has 0 saturated carbocycles. The van der Waals surface area contributed by atoms with Crippen molar-refractivity contribution < 1.29 is 8.42 Å². The number of rotatable bonds is 4. The van der Waals surface area contributed by atoms with Crippen LogP contribution in [0.5, 0.6) is 0 Å². The zero-order valence-corrected chi connectivity index (χ0v) is 13.5. The van der Waals surface area contributed by atoms with E-state index in [4.69, 9.17) is 0 Å². The van der Waals surface area contributed by atoms with Gasteiger partial charge in [-0.25, -0.2) is 8.42 Å². The molecule has 0 amide bonds. The topological polar surface area (TPSA) is 37.4 Å². The van der Waals surface area contributed by atoms with E-state index in [1.165, 1.54) is 0 Å². The smallest absolute Gasteiger partial charge is 0.207 e. The lowest BCUT2D eigenvalue weighted by Gasteiger charge is -2.34. The van der Waals surface area contributed by atoms with E-state index in [1.54, 1.807) is 28.6 Å². The maximum atomic E-state index is 12.9. The average Bonchev–Trinajstić information content (AvgIpc) is 2.45. The van der Waals surface area contributed by atoms with Crippen molar-refractivity contribution in [3.05, 3.63) is 66.2 Å². The normalized spacial score (nSPS) is 12.6. The van der Waals surface area contributed by atoms with Gasteiger partial charge in [-0.05, 0) is 38.5 Å². The predicted molar refractivity (Wildman–Crippen MR) is 85.4 cm³/mol. The molecular weight excluding hydrogens is 282 g/mol. The molecule has 0 unspecified atom stereocenters. The lowest BCUT2D eigenvalue weighted by Crippen LogP contribution is -2.44. The summed E-state index contributed by atoms with van der Waals surface area (Å²) in [6, 6.07) is 18.2. The Kier molecular flexibility index (Phi) is 4.49. The highest BCUT2D eigenvalue weighted by molar-refractivity contribution is 7.89. The molecule has 0 aliphatic rings. The van der Waals surface area contributed by atoms with Gasteiger partial charge in [-0.15, -0.1) is 0 Å². The van der Waals surface area contributed by atoms with Crippen LogP contribution in [0.1, 0.15) is 26.3 Å². The van der Waals surface area contributed by atoms with E-state index in [-0.39, 0.29) is 0 Å². The molecule has 112 valence electrons. The molecule has 2 aromatic rings. The summed E-state index contributed by atoms with van der Waals surface area (Å²) in [5.41, 5.74) is 0.483. The summed E-state index contributed by atoms with van der Waals surface area (Å²) in [7, 11) is -3.52. The molecule has 0 bridgehead atoms. The van der Waals surface area contributed by atoms with Crippen LogP contribution in [-0.2, 0) is 16.6 Å². The van der Waals surface area contributed by atoms with Gasteiger partial charge >= 0.3 is 0 Å². The largest absolute Gasteiger partial charge is 0.243 e. The Morgan fingerprint density at radius 3 is 1.81 bits per heavy atom. The summed E-state index contributed by atoms with van der Waals surface area (Å²) in [5.74, 6) is 0. The van der Waals surface area contributed by atoms with Crippen LogP contribution in [0.2, 0.25) is 0 Å². The first-order chi connectivity index (χ1) is 9.82. The van der Waals surface area contributed by atoms with Gasteiger partial charge in [-0.2, -0.15) is 4.31 Å². The van der Waals surface area contributed by atoms with Gasteiger partial charge in [0.2, 0.25) is 10.0 Å². The minimum atomic E-state index is -3.52. The van der Waals surface area contributed by atoms with E-state index in [2.05, 4.69) is 0 Å². The Bertz CT molecular complexity index is 674. The number of benzene rings is 2. The summed E-state index contributed by atoms with van der Waals surface area (Å²) in [6.45, 7) is 6.10. The fourth-order valence-electron chi connectivity index (χ4n) is 2.15. The summed E-state index contributed by atoms with van der Waals surface area (Å²) >= 11 is 0. The van der Waals surface area contributed by atoms with E-state index < -0.39 is 15.6 Å². The van der Waals surface area contributed by atoms with Crippen molar-refractivity contribution >= 4 is 10.0 Å². The maximum absolute atomic E-state index is 12.9. The van der Waals surface area contributed by atoms with Crippen molar-refractivity contribution in [1.29, 1.82) is 0 Å². The molecule has 0 atom stereocenters. The lowest BCUT2D eigenvalue weighted by molar-refractivity contribution is 0.242. The van der Waals surface area contributed by atoms with Gasteiger partial charge in [0, 0.05) is 12.1 Å². The quantitative estimate of drug-likeness (QED) is 0.864. The van der Waals surface area contributed by atoms with Crippen molar-refractivity contribution in [3.63, 3.8) is 0 Å². The number of nitrogens with zero attached hydrogens (tertiary/aromatic N) is 1. The molecule has 0 aliphatic carbocycles. The van der Waals surface area contributed by atoms with Gasteiger partial charge in [-0.3, -0.25) is 0 Å². The van der Waals surface area contributed by atoms with Gasteiger partial charge in [-0.1, -0.05) is 48.5 Å². The minimum absolute atomic E-state index is 0.329. The van der Waals surface area contributed by atoms with Crippen LogP contribution < -0.4 is 0 Å².